The predicted octanol–water partition coefficient (Wildman–Crippen LogP) is 0.0119. The number of hydrogen-bond donors (Lipinski definition) is 5. The van der Waals surface area contributed by atoms with Crippen molar-refractivity contribution >= 4 is 29.3 Å². The Labute approximate surface area is 191 Å². The Morgan fingerprint density at radius 1 is 1.32 bits per heavy atom. The average Bonchev–Trinajstić information content (AvgIpc) is 3.02. The van der Waals surface area contributed by atoms with Crippen molar-refractivity contribution in [2.75, 3.05) is 26.1 Å². The summed E-state index contributed by atoms with van der Waals surface area (Å²) >= 11 is 7.54. The molecule has 0 saturated carbocycles. The molecule has 0 bridgehead atoms. The molecule has 0 aliphatic carbocycles. The third kappa shape index (κ3) is 5.66. The number of alkyl halides is 2. The van der Waals surface area contributed by atoms with E-state index in [0.717, 1.165) is 12.8 Å². The van der Waals surface area contributed by atoms with Crippen LogP contribution in [0.25, 0.3) is 0 Å². The Hall–Kier alpha value is -0.200. The van der Waals surface area contributed by atoms with Gasteiger partial charge in [-0.25, -0.2) is 0 Å². The highest BCUT2D eigenvalue weighted by atomic mass is 35.5. The van der Waals surface area contributed by atoms with Crippen molar-refractivity contribution in [2.45, 2.75) is 79.6 Å². The van der Waals surface area contributed by atoms with Crippen molar-refractivity contribution in [2.24, 2.45) is 11.8 Å². The lowest BCUT2D eigenvalue weighted by Crippen LogP contribution is -2.65. The van der Waals surface area contributed by atoms with Gasteiger partial charge >= 0.3 is 0 Å². The van der Waals surface area contributed by atoms with Crippen LogP contribution in [0.3, 0.4) is 0 Å². The number of hydrogen-bond acceptors (Lipinski definition) is 8. The fraction of sp³-hybridized carbons (Fsp3) is 0.950. The van der Waals surface area contributed by atoms with Crippen LogP contribution in [0.15, 0.2) is 0 Å². The Bertz CT molecular complexity index is 606. The standard InChI is InChI=1S/C20H34ClFN2O6S/c1-9(21)12(18-15(26)14(25)16(27)20(30-18)31-2)24-19(28)13-17-11(8-23-13)7-10(3-5-22)4-6-29-17/h9-18,20,23,25-27H,3-8H2,1-2H3,(H,24,28)/t9-,10+,11-,12+,13-,14+,15?,16+,17+,18+,20?/m0/s1. The SMILES string of the molecule is CSC1O[C@H]([C@H](NC(=O)[C@H]2NC[C@@H]3C[C@H](CCF)CCO[C@H]32)[C@H](C)Cl)C(O)[C@@H](O)[C@H]1O. The van der Waals surface area contributed by atoms with E-state index in [1.807, 2.05) is 0 Å². The van der Waals surface area contributed by atoms with Gasteiger partial charge in [0.25, 0.3) is 0 Å². The topological polar surface area (TPSA) is 120 Å². The largest absolute Gasteiger partial charge is 0.388 e. The second-order valence-corrected chi connectivity index (χ2v) is 10.4. The number of carbonyl (C=O) groups excluding carboxylic acids is 1. The first-order valence-corrected chi connectivity index (χ1v) is 12.6. The number of aliphatic hydroxyl groups is 3. The van der Waals surface area contributed by atoms with Crippen molar-refractivity contribution in [1.29, 1.82) is 0 Å². The number of amides is 1. The van der Waals surface area contributed by atoms with Gasteiger partial charge in [0.05, 0.1) is 24.2 Å². The summed E-state index contributed by atoms with van der Waals surface area (Å²) in [5.74, 6) is 0.0449. The predicted molar refractivity (Wildman–Crippen MR) is 116 cm³/mol. The molecule has 3 heterocycles. The summed E-state index contributed by atoms with van der Waals surface area (Å²) in [4.78, 5) is 13.2. The molecule has 3 rings (SSSR count). The van der Waals surface area contributed by atoms with Gasteiger partial charge in [0, 0.05) is 13.2 Å². The third-order valence-electron chi connectivity index (χ3n) is 6.66. The zero-order valence-electron chi connectivity index (χ0n) is 17.8. The molecule has 0 aromatic carbocycles. The highest BCUT2D eigenvalue weighted by Gasteiger charge is 2.49. The Morgan fingerprint density at radius 3 is 2.71 bits per heavy atom. The summed E-state index contributed by atoms with van der Waals surface area (Å²) in [5, 5.41) is 36.3. The van der Waals surface area contributed by atoms with E-state index in [2.05, 4.69) is 10.6 Å². The molecule has 0 aromatic heterocycles. The Kier molecular flexibility index (Phi) is 9.26. The van der Waals surface area contributed by atoms with Gasteiger partial charge in [-0.1, -0.05) is 0 Å². The first-order chi connectivity index (χ1) is 14.8. The lowest BCUT2D eigenvalue weighted by atomic mass is 9.88. The minimum absolute atomic E-state index is 0.121. The summed E-state index contributed by atoms with van der Waals surface area (Å²) in [7, 11) is 0. The molecule has 0 radical (unpaired) electrons. The molecule has 8 nitrogen and oxygen atoms in total. The van der Waals surface area contributed by atoms with Gasteiger partial charge < -0.3 is 35.4 Å². The van der Waals surface area contributed by atoms with E-state index in [0.29, 0.717) is 19.6 Å². The quantitative estimate of drug-likeness (QED) is 0.321. The van der Waals surface area contributed by atoms with Gasteiger partial charge in [-0.2, -0.15) is 0 Å². The Balaban J connectivity index is 1.68. The van der Waals surface area contributed by atoms with E-state index in [4.69, 9.17) is 21.1 Å². The highest BCUT2D eigenvalue weighted by molar-refractivity contribution is 7.99. The number of halogens is 2. The molecule has 180 valence electrons. The maximum absolute atomic E-state index is 13.2. The van der Waals surface area contributed by atoms with E-state index >= 15 is 0 Å². The van der Waals surface area contributed by atoms with E-state index in [1.165, 1.54) is 11.8 Å². The lowest BCUT2D eigenvalue weighted by Gasteiger charge is -2.44. The minimum atomic E-state index is -1.42. The lowest BCUT2D eigenvalue weighted by molar-refractivity contribution is -0.205. The average molecular weight is 485 g/mol. The van der Waals surface area contributed by atoms with Gasteiger partial charge in [-0.3, -0.25) is 9.18 Å². The first kappa shape index (κ1) is 25.4. The second kappa shape index (κ2) is 11.3. The van der Waals surface area contributed by atoms with Crippen molar-refractivity contribution in [3.63, 3.8) is 0 Å². The number of rotatable bonds is 7. The van der Waals surface area contributed by atoms with Crippen LogP contribution >= 0.6 is 23.4 Å². The zero-order valence-corrected chi connectivity index (χ0v) is 19.4. The van der Waals surface area contributed by atoms with Crippen LogP contribution in [0.2, 0.25) is 0 Å². The van der Waals surface area contributed by atoms with Crippen LogP contribution in [0.4, 0.5) is 4.39 Å². The number of carbonyl (C=O) groups is 1. The summed E-state index contributed by atoms with van der Waals surface area (Å²) in [5.41, 5.74) is -0.759. The van der Waals surface area contributed by atoms with Gasteiger partial charge in [-0.05, 0) is 44.3 Å². The molecule has 11 atom stereocenters. The third-order valence-corrected chi connectivity index (χ3v) is 7.79. The van der Waals surface area contributed by atoms with Crippen LogP contribution in [0.1, 0.15) is 26.2 Å². The molecule has 0 aromatic rings. The van der Waals surface area contributed by atoms with Crippen molar-refractivity contribution in [1.82, 2.24) is 10.6 Å². The molecular weight excluding hydrogens is 451 g/mol. The van der Waals surface area contributed by atoms with Crippen LogP contribution in [-0.4, -0.2) is 101 Å². The number of nitrogens with one attached hydrogen (secondary N) is 2. The van der Waals surface area contributed by atoms with Crippen LogP contribution in [0.5, 0.6) is 0 Å². The first-order valence-electron chi connectivity index (χ1n) is 10.9. The van der Waals surface area contributed by atoms with Gasteiger partial charge in [0.1, 0.15) is 35.9 Å². The zero-order chi connectivity index (χ0) is 22.7. The van der Waals surface area contributed by atoms with Crippen molar-refractivity contribution < 1.29 is 34.0 Å². The molecule has 3 saturated heterocycles. The number of aliphatic hydroxyl groups excluding tert-OH is 3. The fourth-order valence-electron chi connectivity index (χ4n) is 4.89. The van der Waals surface area contributed by atoms with Gasteiger partial charge in [0.2, 0.25) is 5.91 Å². The molecule has 3 fully saturated rings. The molecule has 3 aliphatic rings. The van der Waals surface area contributed by atoms with Crippen LogP contribution in [0, 0.1) is 11.8 Å². The number of thioether (sulfide) groups is 1. The van der Waals surface area contributed by atoms with E-state index in [1.54, 1.807) is 13.2 Å². The number of ether oxygens (including phenoxy) is 2. The second-order valence-electron chi connectivity index (χ2n) is 8.74. The van der Waals surface area contributed by atoms with Crippen LogP contribution in [-0.2, 0) is 14.3 Å². The maximum Gasteiger partial charge on any atom is 0.240 e. The smallest absolute Gasteiger partial charge is 0.240 e. The maximum atomic E-state index is 13.2. The molecular formula is C20H34ClFN2O6S. The monoisotopic (exact) mass is 484 g/mol. The molecule has 1 amide bonds. The summed E-state index contributed by atoms with van der Waals surface area (Å²) in [6.07, 6.45) is -1.57. The van der Waals surface area contributed by atoms with Gasteiger partial charge in [-0.15, -0.1) is 23.4 Å². The minimum Gasteiger partial charge on any atom is -0.388 e. The molecule has 5 N–H and O–H groups in total. The summed E-state index contributed by atoms with van der Waals surface area (Å²) in [6, 6.07) is -1.40. The molecule has 31 heavy (non-hydrogen) atoms. The fourth-order valence-corrected chi connectivity index (χ4v) is 5.77. The summed E-state index contributed by atoms with van der Waals surface area (Å²) < 4.78 is 24.6. The normalized spacial score (nSPS) is 43.0. The molecule has 0 spiro atoms. The van der Waals surface area contributed by atoms with E-state index in [9.17, 15) is 24.5 Å². The van der Waals surface area contributed by atoms with E-state index in [-0.39, 0.29) is 30.5 Å². The number of fused-ring (bicyclic) bond motifs is 1. The summed E-state index contributed by atoms with van der Waals surface area (Å²) in [6.45, 7) is 2.41. The van der Waals surface area contributed by atoms with Crippen molar-refractivity contribution in [3.05, 3.63) is 0 Å². The highest BCUT2D eigenvalue weighted by Crippen LogP contribution is 2.33. The molecule has 11 heteroatoms. The van der Waals surface area contributed by atoms with Crippen molar-refractivity contribution in [3.8, 4) is 0 Å². The molecule has 2 unspecified atom stereocenters. The van der Waals surface area contributed by atoms with E-state index < -0.39 is 47.3 Å². The molecule has 3 aliphatic heterocycles. The van der Waals surface area contributed by atoms with Gasteiger partial charge in [0.15, 0.2) is 0 Å². The Morgan fingerprint density at radius 2 is 2.06 bits per heavy atom. The van der Waals surface area contributed by atoms with Crippen LogP contribution < -0.4 is 10.6 Å².